The van der Waals surface area contributed by atoms with Crippen molar-refractivity contribution in [3.8, 4) is 11.5 Å². The highest BCUT2D eigenvalue weighted by Gasteiger charge is 2.19. The summed E-state index contributed by atoms with van der Waals surface area (Å²) in [5.74, 6) is 0.517. The molecule has 0 aliphatic heterocycles. The maximum absolute atomic E-state index is 10.8. The molecular weight excluding hydrogens is 313 g/mol. The van der Waals surface area contributed by atoms with Crippen molar-refractivity contribution in [2.45, 2.75) is 6.42 Å². The number of hydrogen-bond donors (Lipinski definition) is 0. The van der Waals surface area contributed by atoms with E-state index < -0.39 is 4.92 Å². The highest BCUT2D eigenvalue weighted by Crippen LogP contribution is 2.37. The summed E-state index contributed by atoms with van der Waals surface area (Å²) in [7, 11) is 1.44. The molecule has 5 nitrogen and oxygen atoms in total. The van der Waals surface area contributed by atoms with E-state index in [-0.39, 0.29) is 16.5 Å². The van der Waals surface area contributed by atoms with Crippen molar-refractivity contribution in [3.05, 3.63) is 27.3 Å². The van der Waals surface area contributed by atoms with E-state index in [0.29, 0.717) is 12.4 Å². The molecule has 0 saturated heterocycles. The van der Waals surface area contributed by atoms with E-state index >= 15 is 0 Å². The van der Waals surface area contributed by atoms with Crippen LogP contribution in [0.2, 0.25) is 5.02 Å². The Balaban J connectivity index is 3.01. The molecule has 0 aromatic heterocycles. The highest BCUT2D eigenvalue weighted by atomic mass is 79.9. The van der Waals surface area contributed by atoms with Gasteiger partial charge in [-0.1, -0.05) is 27.5 Å². The summed E-state index contributed by atoms with van der Waals surface area (Å²) in [5.41, 5.74) is -0.162. The molecule has 0 atom stereocenters. The van der Waals surface area contributed by atoms with E-state index in [9.17, 15) is 10.1 Å². The third-order valence-electron chi connectivity index (χ3n) is 1.97. The monoisotopic (exact) mass is 323 g/mol. The molecule has 94 valence electrons. The third kappa shape index (κ3) is 3.74. The predicted octanol–water partition coefficient (Wildman–Crippen LogP) is 3.42. The zero-order valence-electron chi connectivity index (χ0n) is 9.11. The van der Waals surface area contributed by atoms with Gasteiger partial charge in [0.2, 0.25) is 5.75 Å². The molecule has 7 heteroatoms. The standard InChI is InChI=1S/C10H11BrClNO4/c1-16-9-6-10(17-4-2-3-11)8(13(14)15)5-7(9)12/h5-6H,2-4H2,1H3. The Morgan fingerprint density at radius 2 is 2.18 bits per heavy atom. The molecule has 0 aliphatic rings. The van der Waals surface area contributed by atoms with Gasteiger partial charge in [0.25, 0.3) is 0 Å². The lowest BCUT2D eigenvalue weighted by Gasteiger charge is -2.09. The Morgan fingerprint density at radius 1 is 1.47 bits per heavy atom. The zero-order valence-corrected chi connectivity index (χ0v) is 11.5. The van der Waals surface area contributed by atoms with Crippen molar-refractivity contribution >= 4 is 33.2 Å². The van der Waals surface area contributed by atoms with Gasteiger partial charge in [-0.25, -0.2) is 0 Å². The van der Waals surface area contributed by atoms with Gasteiger partial charge in [0.15, 0.2) is 0 Å². The molecule has 17 heavy (non-hydrogen) atoms. The Bertz CT molecular complexity index is 414. The Kier molecular flexibility index (Phi) is 5.50. The SMILES string of the molecule is COc1cc(OCCCBr)c([N+](=O)[O-])cc1Cl. The van der Waals surface area contributed by atoms with Crippen molar-refractivity contribution in [1.82, 2.24) is 0 Å². The number of nitro benzene ring substituents is 1. The molecule has 0 saturated carbocycles. The molecule has 0 aliphatic carbocycles. The van der Waals surface area contributed by atoms with Gasteiger partial charge in [0, 0.05) is 17.5 Å². The number of nitrogens with zero attached hydrogens (tertiary/aromatic N) is 1. The van der Waals surface area contributed by atoms with E-state index in [1.807, 2.05) is 0 Å². The fourth-order valence-electron chi connectivity index (χ4n) is 1.18. The average Bonchev–Trinajstić information content (AvgIpc) is 2.30. The van der Waals surface area contributed by atoms with E-state index in [1.165, 1.54) is 19.2 Å². The Labute approximate surface area is 112 Å². The number of nitro groups is 1. The van der Waals surface area contributed by atoms with Crippen LogP contribution in [0.1, 0.15) is 6.42 Å². The summed E-state index contributed by atoms with van der Waals surface area (Å²) < 4.78 is 10.3. The first-order chi connectivity index (χ1) is 8.10. The van der Waals surface area contributed by atoms with Crippen LogP contribution in [0, 0.1) is 10.1 Å². The smallest absolute Gasteiger partial charge is 0.312 e. The molecule has 1 rings (SSSR count). The molecule has 0 radical (unpaired) electrons. The second-order valence-electron chi connectivity index (χ2n) is 3.10. The highest BCUT2D eigenvalue weighted by molar-refractivity contribution is 9.09. The molecule has 0 bridgehead atoms. The molecule has 0 spiro atoms. The van der Waals surface area contributed by atoms with Gasteiger partial charge in [0.1, 0.15) is 5.75 Å². The van der Waals surface area contributed by atoms with Crippen LogP contribution in [0.25, 0.3) is 0 Å². The third-order valence-corrected chi connectivity index (χ3v) is 2.82. The molecule has 0 N–H and O–H groups in total. The second kappa shape index (κ2) is 6.66. The quantitative estimate of drug-likeness (QED) is 0.348. The maximum Gasteiger partial charge on any atom is 0.312 e. The zero-order chi connectivity index (χ0) is 12.8. The van der Waals surface area contributed by atoms with Crippen LogP contribution in [0.4, 0.5) is 5.69 Å². The van der Waals surface area contributed by atoms with E-state index in [0.717, 1.165) is 11.8 Å². The van der Waals surface area contributed by atoms with Crippen molar-refractivity contribution in [3.63, 3.8) is 0 Å². The van der Waals surface area contributed by atoms with E-state index in [2.05, 4.69) is 15.9 Å². The first kappa shape index (κ1) is 14.1. The summed E-state index contributed by atoms with van der Waals surface area (Å²) >= 11 is 9.06. The lowest BCUT2D eigenvalue weighted by Crippen LogP contribution is -2.01. The first-order valence-corrected chi connectivity index (χ1v) is 6.30. The van der Waals surface area contributed by atoms with Crippen LogP contribution in [0.3, 0.4) is 0 Å². The van der Waals surface area contributed by atoms with Crippen molar-refractivity contribution in [1.29, 1.82) is 0 Å². The van der Waals surface area contributed by atoms with Crippen LogP contribution < -0.4 is 9.47 Å². The minimum Gasteiger partial charge on any atom is -0.495 e. The minimum atomic E-state index is -0.533. The lowest BCUT2D eigenvalue weighted by atomic mass is 10.2. The van der Waals surface area contributed by atoms with Crippen molar-refractivity contribution in [2.24, 2.45) is 0 Å². The van der Waals surface area contributed by atoms with Crippen LogP contribution in [-0.4, -0.2) is 24.0 Å². The van der Waals surface area contributed by atoms with Gasteiger partial charge in [-0.2, -0.15) is 0 Å². The van der Waals surface area contributed by atoms with Crippen LogP contribution in [-0.2, 0) is 0 Å². The van der Waals surface area contributed by atoms with Gasteiger partial charge in [-0.15, -0.1) is 0 Å². The van der Waals surface area contributed by atoms with Crippen LogP contribution >= 0.6 is 27.5 Å². The van der Waals surface area contributed by atoms with Gasteiger partial charge in [-0.3, -0.25) is 10.1 Å². The molecule has 0 amide bonds. The summed E-state index contributed by atoms with van der Waals surface area (Å²) in [4.78, 5) is 10.3. The first-order valence-electron chi connectivity index (χ1n) is 4.80. The van der Waals surface area contributed by atoms with Crippen LogP contribution in [0.15, 0.2) is 12.1 Å². The summed E-state index contributed by atoms with van der Waals surface area (Å²) in [5, 5.41) is 11.8. The second-order valence-corrected chi connectivity index (χ2v) is 4.30. The molecule has 1 aromatic rings. The number of alkyl halides is 1. The van der Waals surface area contributed by atoms with Gasteiger partial charge in [0.05, 0.1) is 23.7 Å². The molecule has 0 unspecified atom stereocenters. The van der Waals surface area contributed by atoms with Crippen molar-refractivity contribution < 1.29 is 14.4 Å². The Morgan fingerprint density at radius 3 is 2.71 bits per heavy atom. The number of rotatable bonds is 6. The molecule has 0 heterocycles. The average molecular weight is 325 g/mol. The predicted molar refractivity (Wildman–Crippen MR) is 68.6 cm³/mol. The number of methoxy groups -OCH3 is 1. The number of halogens is 2. The molecule has 0 fully saturated rings. The number of hydrogen-bond acceptors (Lipinski definition) is 4. The lowest BCUT2D eigenvalue weighted by molar-refractivity contribution is -0.385. The number of benzene rings is 1. The largest absolute Gasteiger partial charge is 0.495 e. The summed E-state index contributed by atoms with van der Waals surface area (Å²) in [6.45, 7) is 0.386. The fraction of sp³-hybridized carbons (Fsp3) is 0.400. The van der Waals surface area contributed by atoms with Gasteiger partial charge < -0.3 is 9.47 Å². The fourth-order valence-corrected chi connectivity index (χ4v) is 1.64. The minimum absolute atomic E-state index is 0.162. The normalized spacial score (nSPS) is 10.1. The molecule has 1 aromatic carbocycles. The van der Waals surface area contributed by atoms with Gasteiger partial charge in [-0.05, 0) is 6.42 Å². The van der Waals surface area contributed by atoms with E-state index in [1.54, 1.807) is 0 Å². The molecular formula is C10H11BrClNO4. The summed E-state index contributed by atoms with van der Waals surface area (Å²) in [6.07, 6.45) is 0.752. The topological polar surface area (TPSA) is 61.6 Å². The van der Waals surface area contributed by atoms with Crippen molar-refractivity contribution in [2.75, 3.05) is 19.0 Å². The summed E-state index contributed by atoms with van der Waals surface area (Å²) in [6, 6.07) is 2.65. The van der Waals surface area contributed by atoms with Crippen LogP contribution in [0.5, 0.6) is 11.5 Å². The van der Waals surface area contributed by atoms with Gasteiger partial charge >= 0.3 is 5.69 Å². The van der Waals surface area contributed by atoms with E-state index in [4.69, 9.17) is 21.1 Å². The Hall–Kier alpha value is -1.01. The maximum atomic E-state index is 10.8. The number of ether oxygens (including phenoxy) is 2.